The van der Waals surface area contributed by atoms with Crippen molar-refractivity contribution in [3.8, 4) is 0 Å². The van der Waals surface area contributed by atoms with Gasteiger partial charge in [-0.15, -0.1) is 0 Å². The van der Waals surface area contributed by atoms with Crippen molar-refractivity contribution in [1.82, 2.24) is 24.5 Å². The molecule has 1 saturated heterocycles. The quantitative estimate of drug-likeness (QED) is 0.763. The first-order valence-electron chi connectivity index (χ1n) is 7.30. The third-order valence-corrected chi connectivity index (χ3v) is 3.94. The predicted octanol–water partition coefficient (Wildman–Crippen LogP) is -0.900. The van der Waals surface area contributed by atoms with Gasteiger partial charge in [0.2, 0.25) is 0 Å². The number of aryl methyl sites for hydroxylation is 1. The summed E-state index contributed by atoms with van der Waals surface area (Å²) in [4.78, 5) is 18.3. The van der Waals surface area contributed by atoms with Crippen LogP contribution in [0.15, 0.2) is 12.3 Å². The molecule has 7 nitrogen and oxygen atoms in total. The van der Waals surface area contributed by atoms with Gasteiger partial charge in [-0.2, -0.15) is 5.10 Å². The molecule has 0 radical (unpaired) electrons. The number of aliphatic hydroxyl groups excluding tert-OH is 1. The lowest BCUT2D eigenvalue weighted by molar-refractivity contribution is 0.0496. The van der Waals surface area contributed by atoms with Crippen molar-refractivity contribution in [2.24, 2.45) is 7.05 Å². The van der Waals surface area contributed by atoms with Crippen LogP contribution in [0.2, 0.25) is 0 Å². The van der Waals surface area contributed by atoms with E-state index in [4.69, 9.17) is 0 Å². The summed E-state index contributed by atoms with van der Waals surface area (Å²) in [6.45, 7) is 4.92. The average molecular weight is 295 g/mol. The number of carbonyl (C=O) groups excluding carboxylic acids is 1. The number of rotatable bonds is 5. The van der Waals surface area contributed by atoms with Gasteiger partial charge in [0.15, 0.2) is 0 Å². The Kier molecular flexibility index (Phi) is 5.33. The van der Waals surface area contributed by atoms with E-state index in [1.54, 1.807) is 35.9 Å². The summed E-state index contributed by atoms with van der Waals surface area (Å²) >= 11 is 0. The zero-order chi connectivity index (χ0) is 15.4. The van der Waals surface area contributed by atoms with E-state index in [0.29, 0.717) is 18.8 Å². The maximum absolute atomic E-state index is 12.2. The first-order valence-corrected chi connectivity index (χ1v) is 7.30. The number of hydrogen-bond acceptors (Lipinski definition) is 5. The SMILES string of the molecule is CN1CCN(CC(O)CN(C)C(=O)c2ccnn2C)CC1. The predicted molar refractivity (Wildman–Crippen MR) is 80.1 cm³/mol. The molecule has 2 rings (SSSR count). The fourth-order valence-corrected chi connectivity index (χ4v) is 2.56. The number of nitrogens with zero attached hydrogens (tertiary/aromatic N) is 5. The van der Waals surface area contributed by atoms with Gasteiger partial charge in [0.25, 0.3) is 5.91 Å². The number of aromatic nitrogens is 2. The second-order valence-electron chi connectivity index (χ2n) is 5.78. The largest absolute Gasteiger partial charge is 0.390 e. The number of carbonyl (C=O) groups is 1. The molecule has 1 atom stereocenters. The fraction of sp³-hybridized carbons (Fsp3) is 0.714. The molecule has 1 amide bonds. The summed E-state index contributed by atoms with van der Waals surface area (Å²) < 4.78 is 1.55. The molecule has 118 valence electrons. The summed E-state index contributed by atoms with van der Waals surface area (Å²) in [5.74, 6) is -0.118. The summed E-state index contributed by atoms with van der Waals surface area (Å²) in [6.07, 6.45) is 1.07. The number of aliphatic hydroxyl groups is 1. The summed E-state index contributed by atoms with van der Waals surface area (Å²) in [5.41, 5.74) is 0.532. The molecular weight excluding hydrogens is 270 g/mol. The van der Waals surface area contributed by atoms with Crippen LogP contribution in [0.1, 0.15) is 10.5 Å². The molecule has 1 aliphatic rings. The van der Waals surface area contributed by atoms with Crippen molar-refractivity contribution >= 4 is 5.91 Å². The molecule has 0 spiro atoms. The molecule has 0 bridgehead atoms. The van der Waals surface area contributed by atoms with Gasteiger partial charge in [0.1, 0.15) is 5.69 Å². The van der Waals surface area contributed by atoms with E-state index in [0.717, 1.165) is 26.2 Å². The molecule has 1 aromatic rings. The smallest absolute Gasteiger partial charge is 0.271 e. The van der Waals surface area contributed by atoms with Gasteiger partial charge >= 0.3 is 0 Å². The fourth-order valence-electron chi connectivity index (χ4n) is 2.56. The highest BCUT2D eigenvalue weighted by Crippen LogP contribution is 2.05. The lowest BCUT2D eigenvalue weighted by atomic mass is 10.2. The van der Waals surface area contributed by atoms with E-state index in [-0.39, 0.29) is 5.91 Å². The van der Waals surface area contributed by atoms with Crippen LogP contribution in [0.5, 0.6) is 0 Å². The summed E-state index contributed by atoms with van der Waals surface area (Å²) in [6, 6.07) is 1.69. The van der Waals surface area contributed by atoms with E-state index in [2.05, 4.69) is 21.9 Å². The Balaban J connectivity index is 1.80. The van der Waals surface area contributed by atoms with Crippen LogP contribution in [0.4, 0.5) is 0 Å². The average Bonchev–Trinajstić information content (AvgIpc) is 2.86. The molecule has 1 aromatic heterocycles. The molecule has 0 saturated carbocycles. The van der Waals surface area contributed by atoms with Crippen molar-refractivity contribution in [2.45, 2.75) is 6.10 Å². The Morgan fingerprint density at radius 3 is 2.62 bits per heavy atom. The first kappa shape index (κ1) is 15.9. The molecule has 7 heteroatoms. The van der Waals surface area contributed by atoms with E-state index in [9.17, 15) is 9.90 Å². The van der Waals surface area contributed by atoms with Crippen molar-refractivity contribution in [3.05, 3.63) is 18.0 Å². The van der Waals surface area contributed by atoms with Crippen molar-refractivity contribution in [3.63, 3.8) is 0 Å². The molecule has 21 heavy (non-hydrogen) atoms. The van der Waals surface area contributed by atoms with E-state index < -0.39 is 6.10 Å². The van der Waals surface area contributed by atoms with Gasteiger partial charge in [-0.05, 0) is 13.1 Å². The second-order valence-corrected chi connectivity index (χ2v) is 5.78. The zero-order valence-corrected chi connectivity index (χ0v) is 13.1. The van der Waals surface area contributed by atoms with Crippen LogP contribution in [-0.2, 0) is 7.05 Å². The van der Waals surface area contributed by atoms with E-state index in [1.807, 2.05) is 0 Å². The molecule has 0 aromatic carbocycles. The Hall–Kier alpha value is -1.44. The molecular formula is C14H25N5O2. The highest BCUT2D eigenvalue weighted by molar-refractivity contribution is 5.92. The Morgan fingerprint density at radius 1 is 1.38 bits per heavy atom. The van der Waals surface area contributed by atoms with Crippen molar-refractivity contribution < 1.29 is 9.90 Å². The highest BCUT2D eigenvalue weighted by Gasteiger charge is 2.21. The third-order valence-electron chi connectivity index (χ3n) is 3.94. The van der Waals surface area contributed by atoms with E-state index >= 15 is 0 Å². The van der Waals surface area contributed by atoms with E-state index in [1.165, 1.54) is 0 Å². The molecule has 0 aliphatic carbocycles. The maximum atomic E-state index is 12.2. The van der Waals surface area contributed by atoms with Gasteiger partial charge in [-0.25, -0.2) is 0 Å². The Labute approximate surface area is 125 Å². The molecule has 1 fully saturated rings. The minimum absolute atomic E-state index is 0.118. The second kappa shape index (κ2) is 7.02. The van der Waals surface area contributed by atoms with Crippen LogP contribution < -0.4 is 0 Å². The summed E-state index contributed by atoms with van der Waals surface area (Å²) in [7, 11) is 5.55. The highest BCUT2D eigenvalue weighted by atomic mass is 16.3. The minimum Gasteiger partial charge on any atom is -0.390 e. The van der Waals surface area contributed by atoms with Crippen LogP contribution >= 0.6 is 0 Å². The van der Waals surface area contributed by atoms with Crippen LogP contribution in [-0.4, -0.2) is 95.0 Å². The normalized spacial score (nSPS) is 18.7. The topological polar surface area (TPSA) is 64.8 Å². The van der Waals surface area contributed by atoms with Crippen molar-refractivity contribution in [2.75, 3.05) is 53.4 Å². The molecule has 2 heterocycles. The Morgan fingerprint density at radius 2 is 2.05 bits per heavy atom. The maximum Gasteiger partial charge on any atom is 0.271 e. The zero-order valence-electron chi connectivity index (χ0n) is 13.1. The number of amides is 1. The van der Waals surface area contributed by atoms with Gasteiger partial charge < -0.3 is 14.9 Å². The monoisotopic (exact) mass is 295 g/mol. The van der Waals surface area contributed by atoms with Crippen molar-refractivity contribution in [1.29, 1.82) is 0 Å². The van der Waals surface area contributed by atoms with Gasteiger partial charge in [0, 0.05) is 59.6 Å². The molecule has 1 aliphatic heterocycles. The van der Waals surface area contributed by atoms with Gasteiger partial charge in [-0.1, -0.05) is 0 Å². The third kappa shape index (κ3) is 4.26. The number of likely N-dealkylation sites (N-methyl/N-ethyl adjacent to an activating group) is 2. The van der Waals surface area contributed by atoms with Gasteiger partial charge in [-0.3, -0.25) is 14.4 Å². The molecule has 1 N–H and O–H groups in total. The minimum atomic E-state index is -0.532. The Bertz CT molecular complexity index is 468. The number of β-amino-alcohol motifs (C(OH)–C–C–N with tert-alkyl or cyclic N) is 1. The van der Waals surface area contributed by atoms with Crippen LogP contribution in [0.25, 0.3) is 0 Å². The first-order chi connectivity index (χ1) is 9.97. The number of hydrogen-bond donors (Lipinski definition) is 1. The summed E-state index contributed by atoms with van der Waals surface area (Å²) in [5, 5.41) is 14.2. The molecule has 1 unspecified atom stereocenters. The lowest BCUT2D eigenvalue weighted by Gasteiger charge is -2.34. The lowest BCUT2D eigenvalue weighted by Crippen LogP contribution is -2.49. The standard InChI is InChI=1S/C14H25N5O2/c1-16-6-8-19(9-7-16)11-12(20)10-17(2)14(21)13-4-5-15-18(13)3/h4-5,12,20H,6-11H2,1-3H3. The van der Waals surface area contributed by atoms with Gasteiger partial charge in [0.05, 0.1) is 6.10 Å². The number of piperazine rings is 1. The van der Waals surface area contributed by atoms with Crippen LogP contribution in [0, 0.1) is 0 Å². The van der Waals surface area contributed by atoms with Crippen LogP contribution in [0.3, 0.4) is 0 Å².